The van der Waals surface area contributed by atoms with Crippen LogP contribution in [-0.2, 0) is 20.5 Å². The Morgan fingerprint density at radius 1 is 1.24 bits per heavy atom. The minimum atomic E-state index is -4.72. The van der Waals surface area contributed by atoms with Crippen molar-refractivity contribution in [3.63, 3.8) is 0 Å². The summed E-state index contributed by atoms with van der Waals surface area (Å²) < 4.78 is 46.7. The lowest BCUT2D eigenvalue weighted by atomic mass is 9.82. The summed E-state index contributed by atoms with van der Waals surface area (Å²) in [4.78, 5) is 28.5. The predicted molar refractivity (Wildman–Crippen MR) is 118 cm³/mol. The van der Waals surface area contributed by atoms with Crippen molar-refractivity contribution in [3.8, 4) is 0 Å². The Morgan fingerprint density at radius 3 is 2.52 bits per heavy atom. The SMILES string of the molecule is [NH-]C[C@@H](C(=O)Nc1ccc(N2CCOCC2=O)cc1C(F)(F)F)N(CC1CCC1)C1CCC1. The van der Waals surface area contributed by atoms with E-state index in [4.69, 9.17) is 10.5 Å². The van der Waals surface area contributed by atoms with Crippen LogP contribution in [0.5, 0.6) is 0 Å². The van der Waals surface area contributed by atoms with Crippen molar-refractivity contribution < 1.29 is 27.5 Å². The smallest absolute Gasteiger partial charge is 0.418 e. The number of ether oxygens (including phenoxy) is 1. The number of halogens is 3. The summed E-state index contributed by atoms with van der Waals surface area (Å²) in [5.41, 5.74) is 6.74. The Labute approximate surface area is 191 Å². The second-order valence-corrected chi connectivity index (χ2v) is 9.11. The maximum Gasteiger partial charge on any atom is 0.418 e. The number of nitrogens with zero attached hydrogens (tertiary/aromatic N) is 2. The lowest BCUT2D eigenvalue weighted by molar-refractivity contribution is -0.137. The summed E-state index contributed by atoms with van der Waals surface area (Å²) in [6.45, 7) is 0.737. The molecule has 10 heteroatoms. The van der Waals surface area contributed by atoms with Gasteiger partial charge in [-0.05, 0) is 49.8 Å². The molecular weight excluding hydrogens is 437 g/mol. The monoisotopic (exact) mass is 467 g/mol. The minimum absolute atomic E-state index is 0.117. The lowest BCUT2D eigenvalue weighted by Gasteiger charge is -2.45. The van der Waals surface area contributed by atoms with Crippen molar-refractivity contribution in [2.75, 3.05) is 43.1 Å². The Balaban J connectivity index is 1.55. The largest absolute Gasteiger partial charge is 0.676 e. The van der Waals surface area contributed by atoms with Crippen LogP contribution in [0.15, 0.2) is 18.2 Å². The van der Waals surface area contributed by atoms with Crippen LogP contribution in [0.1, 0.15) is 44.1 Å². The standard InChI is InChI=1S/C23H30F3N4O3/c24-23(25,26)18-11-17(29-9-10-33-14-21(29)31)7-8-19(18)28-22(32)20(12-27)30(16-5-2-6-16)13-15-3-1-4-15/h7-8,11,15-16,20,27H,1-6,9-10,12-14H2,(H,28,32)/q-1/t20-/m0/s1. The molecule has 33 heavy (non-hydrogen) atoms. The van der Waals surface area contributed by atoms with Crippen molar-refractivity contribution in [1.29, 1.82) is 0 Å². The number of carbonyl (C=O) groups is 2. The number of hydrogen-bond donors (Lipinski definition) is 1. The van der Waals surface area contributed by atoms with E-state index in [1.807, 2.05) is 4.90 Å². The van der Waals surface area contributed by atoms with Crippen molar-refractivity contribution in [2.24, 2.45) is 5.92 Å². The number of nitrogens with one attached hydrogen (secondary N) is 2. The molecule has 1 atom stereocenters. The maximum atomic E-state index is 13.9. The molecule has 0 radical (unpaired) electrons. The first-order valence-electron chi connectivity index (χ1n) is 11.6. The fraction of sp³-hybridized carbons (Fsp3) is 0.652. The van der Waals surface area contributed by atoms with Gasteiger partial charge in [-0.2, -0.15) is 13.2 Å². The summed E-state index contributed by atoms with van der Waals surface area (Å²) in [6, 6.07) is 2.91. The predicted octanol–water partition coefficient (Wildman–Crippen LogP) is 4.08. The molecule has 3 aliphatic rings. The van der Waals surface area contributed by atoms with Gasteiger partial charge in [0.25, 0.3) is 5.91 Å². The van der Waals surface area contributed by atoms with Gasteiger partial charge in [0.2, 0.25) is 5.91 Å². The van der Waals surface area contributed by atoms with E-state index >= 15 is 0 Å². The Bertz CT molecular complexity index is 871. The number of morpholine rings is 1. The number of alkyl halides is 3. The molecule has 1 saturated heterocycles. The number of amides is 2. The second kappa shape index (κ2) is 9.99. The summed E-state index contributed by atoms with van der Waals surface area (Å²) in [5, 5.41) is 2.45. The molecule has 3 fully saturated rings. The number of anilines is 2. The number of benzene rings is 1. The average molecular weight is 468 g/mol. The molecule has 1 heterocycles. The summed E-state index contributed by atoms with van der Waals surface area (Å²) in [5.74, 6) is -0.506. The van der Waals surface area contributed by atoms with Gasteiger partial charge >= 0.3 is 6.18 Å². The van der Waals surface area contributed by atoms with Gasteiger partial charge in [0, 0.05) is 24.8 Å². The van der Waals surface area contributed by atoms with Crippen molar-refractivity contribution in [3.05, 3.63) is 29.5 Å². The van der Waals surface area contributed by atoms with Crippen LogP contribution in [0.3, 0.4) is 0 Å². The zero-order valence-electron chi connectivity index (χ0n) is 18.5. The Kier molecular flexibility index (Phi) is 7.25. The molecule has 0 unspecified atom stereocenters. The second-order valence-electron chi connectivity index (χ2n) is 9.11. The van der Waals surface area contributed by atoms with Gasteiger partial charge in [0.1, 0.15) is 6.61 Å². The molecule has 182 valence electrons. The van der Waals surface area contributed by atoms with Crippen LogP contribution in [0.2, 0.25) is 0 Å². The molecule has 2 aliphatic carbocycles. The Morgan fingerprint density at radius 2 is 1.97 bits per heavy atom. The minimum Gasteiger partial charge on any atom is -0.676 e. The third kappa shape index (κ3) is 5.33. The third-order valence-corrected chi connectivity index (χ3v) is 7.00. The van der Waals surface area contributed by atoms with E-state index in [1.54, 1.807) is 0 Å². The van der Waals surface area contributed by atoms with Gasteiger partial charge in [-0.3, -0.25) is 14.5 Å². The molecule has 0 bridgehead atoms. The molecule has 0 spiro atoms. The van der Waals surface area contributed by atoms with E-state index in [1.165, 1.54) is 17.0 Å². The van der Waals surface area contributed by atoms with E-state index in [9.17, 15) is 22.8 Å². The van der Waals surface area contributed by atoms with E-state index < -0.39 is 29.6 Å². The summed E-state index contributed by atoms with van der Waals surface area (Å²) in [6.07, 6.45) is 1.60. The molecular formula is C23H30F3N4O3-. The highest BCUT2D eigenvalue weighted by atomic mass is 19.4. The highest BCUT2D eigenvalue weighted by Gasteiger charge is 2.38. The third-order valence-electron chi connectivity index (χ3n) is 7.00. The van der Waals surface area contributed by atoms with Crippen molar-refractivity contribution in [2.45, 2.75) is 56.8 Å². The highest BCUT2D eigenvalue weighted by Crippen LogP contribution is 2.38. The normalized spacial score (nSPS) is 21.0. The topological polar surface area (TPSA) is 85.7 Å². The number of carbonyl (C=O) groups excluding carboxylic acids is 2. The van der Waals surface area contributed by atoms with Crippen LogP contribution >= 0.6 is 0 Å². The fourth-order valence-electron chi connectivity index (χ4n) is 4.63. The van der Waals surface area contributed by atoms with Crippen LogP contribution in [0.4, 0.5) is 24.5 Å². The van der Waals surface area contributed by atoms with E-state index in [0.29, 0.717) is 12.5 Å². The zero-order chi connectivity index (χ0) is 23.6. The molecule has 1 aromatic carbocycles. The summed E-state index contributed by atoms with van der Waals surface area (Å²) in [7, 11) is 0. The van der Waals surface area contributed by atoms with Crippen LogP contribution in [0, 0.1) is 5.92 Å². The molecule has 4 rings (SSSR count). The first-order valence-corrected chi connectivity index (χ1v) is 11.6. The van der Waals surface area contributed by atoms with Crippen molar-refractivity contribution in [1.82, 2.24) is 4.90 Å². The van der Waals surface area contributed by atoms with Crippen LogP contribution < -0.4 is 10.2 Å². The molecule has 2 saturated carbocycles. The van der Waals surface area contributed by atoms with Crippen LogP contribution in [0.25, 0.3) is 5.73 Å². The number of rotatable bonds is 8. The Hall–Kier alpha value is -2.17. The van der Waals surface area contributed by atoms with Gasteiger partial charge in [-0.25, -0.2) is 0 Å². The first-order chi connectivity index (χ1) is 15.8. The average Bonchev–Trinajstić information content (AvgIpc) is 2.69. The zero-order valence-corrected chi connectivity index (χ0v) is 18.5. The maximum absolute atomic E-state index is 13.9. The fourth-order valence-corrected chi connectivity index (χ4v) is 4.63. The van der Waals surface area contributed by atoms with Gasteiger partial charge in [-0.15, -0.1) is 6.54 Å². The van der Waals surface area contributed by atoms with E-state index in [0.717, 1.165) is 44.6 Å². The molecule has 7 nitrogen and oxygen atoms in total. The highest BCUT2D eigenvalue weighted by molar-refractivity contribution is 5.98. The molecule has 2 amide bonds. The number of hydrogen-bond acceptors (Lipinski definition) is 4. The van der Waals surface area contributed by atoms with Crippen molar-refractivity contribution >= 4 is 23.2 Å². The van der Waals surface area contributed by atoms with Gasteiger partial charge in [0.15, 0.2) is 0 Å². The molecule has 1 aromatic rings. The van der Waals surface area contributed by atoms with Crippen LogP contribution in [-0.4, -0.2) is 61.6 Å². The van der Waals surface area contributed by atoms with Gasteiger partial charge in [-0.1, -0.05) is 12.8 Å². The quantitative estimate of drug-likeness (QED) is 0.624. The van der Waals surface area contributed by atoms with E-state index in [2.05, 4.69) is 5.32 Å². The molecule has 2 N–H and O–H groups in total. The molecule has 0 aromatic heterocycles. The van der Waals surface area contributed by atoms with Gasteiger partial charge in [0.05, 0.1) is 23.9 Å². The first kappa shape index (κ1) is 24.0. The van der Waals surface area contributed by atoms with Gasteiger partial charge < -0.3 is 20.7 Å². The lowest BCUT2D eigenvalue weighted by Crippen LogP contribution is -2.55. The molecule has 1 aliphatic heterocycles. The van der Waals surface area contributed by atoms with E-state index in [-0.39, 0.29) is 43.7 Å². The summed E-state index contributed by atoms with van der Waals surface area (Å²) >= 11 is 0.